The van der Waals surface area contributed by atoms with Gasteiger partial charge >= 0.3 is 0 Å². The van der Waals surface area contributed by atoms with Gasteiger partial charge in [0, 0.05) is 55.5 Å². The maximum atomic E-state index is 13.6. The van der Waals surface area contributed by atoms with Crippen LogP contribution in [-0.2, 0) is 5.41 Å². The third-order valence-electron chi connectivity index (χ3n) is 7.55. The molecule has 3 aromatic rings. The van der Waals surface area contributed by atoms with Crippen molar-refractivity contribution >= 4 is 40.6 Å². The van der Waals surface area contributed by atoms with E-state index >= 15 is 0 Å². The fourth-order valence-electron chi connectivity index (χ4n) is 5.88. The van der Waals surface area contributed by atoms with Crippen LogP contribution in [0.4, 0.5) is 33.3 Å². The molecule has 10 heteroatoms. The minimum Gasteiger partial charge on any atom is -0.373 e. The first-order valence-corrected chi connectivity index (χ1v) is 12.3. The second-order valence-electron chi connectivity index (χ2n) is 10.4. The first-order chi connectivity index (χ1) is 16.8. The minimum atomic E-state index is -0.247. The Labute approximate surface area is 208 Å². The molecule has 2 bridgehead atoms. The van der Waals surface area contributed by atoms with Crippen molar-refractivity contribution in [2.45, 2.75) is 31.7 Å². The summed E-state index contributed by atoms with van der Waals surface area (Å²) >= 11 is 6.05. The number of fused-ring (bicyclic) bond motifs is 3. The monoisotopic (exact) mass is 494 g/mol. The van der Waals surface area contributed by atoms with Gasteiger partial charge in [0.2, 0.25) is 5.95 Å². The van der Waals surface area contributed by atoms with Crippen molar-refractivity contribution in [3.8, 4) is 0 Å². The fourth-order valence-corrected chi connectivity index (χ4v) is 6.04. The normalized spacial score (nSPS) is 24.1. The summed E-state index contributed by atoms with van der Waals surface area (Å²) in [5.41, 5.74) is 2.86. The van der Waals surface area contributed by atoms with Crippen LogP contribution >= 0.6 is 11.6 Å². The Morgan fingerprint density at radius 3 is 2.51 bits per heavy atom. The van der Waals surface area contributed by atoms with E-state index in [0.29, 0.717) is 29.0 Å². The Kier molecular flexibility index (Phi) is 5.21. The van der Waals surface area contributed by atoms with Gasteiger partial charge in [0.05, 0.1) is 11.9 Å². The van der Waals surface area contributed by atoms with Gasteiger partial charge in [-0.05, 0) is 42.5 Å². The predicted molar refractivity (Wildman–Crippen MR) is 136 cm³/mol. The van der Waals surface area contributed by atoms with Gasteiger partial charge in [-0.15, -0.1) is 5.10 Å². The molecule has 8 nitrogen and oxygen atoms in total. The van der Waals surface area contributed by atoms with Crippen LogP contribution in [0.1, 0.15) is 25.8 Å². The van der Waals surface area contributed by atoms with Crippen molar-refractivity contribution < 1.29 is 4.39 Å². The summed E-state index contributed by atoms with van der Waals surface area (Å²) in [7, 11) is 1.90. The molecule has 2 aromatic heterocycles. The van der Waals surface area contributed by atoms with Gasteiger partial charge in [-0.25, -0.2) is 4.39 Å². The standard InChI is InChI=1S/C25H28ClFN8/c1-25(2)13-35(17-6-4-16(27)5-7-17)23-20(25)22(28-3)31-24(32-23)30-21-14-8-15(21)12-34(11-14)18-9-19(26)33-29-10-18/h4-7,9-10,14-15,21H,8,11-13H2,1-3H3,(H2,28,30,31,32). The number of anilines is 5. The molecule has 3 aliphatic heterocycles. The Morgan fingerprint density at radius 2 is 1.83 bits per heavy atom. The molecular formula is C25H28ClFN8. The van der Waals surface area contributed by atoms with Crippen LogP contribution < -0.4 is 20.4 Å². The lowest BCUT2D eigenvalue weighted by atomic mass is 9.66. The van der Waals surface area contributed by atoms with Crippen molar-refractivity contribution in [3.63, 3.8) is 0 Å². The molecule has 4 aliphatic rings. The highest BCUT2D eigenvalue weighted by molar-refractivity contribution is 6.29. The van der Waals surface area contributed by atoms with Crippen molar-refractivity contribution in [3.05, 3.63) is 53.1 Å². The maximum Gasteiger partial charge on any atom is 0.226 e. The smallest absolute Gasteiger partial charge is 0.226 e. The van der Waals surface area contributed by atoms with E-state index in [1.54, 1.807) is 18.3 Å². The molecule has 7 rings (SSSR count). The molecule has 182 valence electrons. The van der Waals surface area contributed by atoms with E-state index in [1.165, 1.54) is 18.6 Å². The van der Waals surface area contributed by atoms with Crippen LogP contribution in [0.5, 0.6) is 0 Å². The molecular weight excluding hydrogens is 467 g/mol. The lowest BCUT2D eigenvalue weighted by Gasteiger charge is -2.54. The van der Waals surface area contributed by atoms with E-state index in [9.17, 15) is 4.39 Å². The Morgan fingerprint density at radius 1 is 1.09 bits per heavy atom. The number of nitrogens with one attached hydrogen (secondary N) is 2. The van der Waals surface area contributed by atoms with Crippen LogP contribution in [0.25, 0.3) is 0 Å². The Hall–Kier alpha value is -3.20. The van der Waals surface area contributed by atoms with Crippen LogP contribution in [0.15, 0.2) is 36.5 Å². The predicted octanol–water partition coefficient (Wildman–Crippen LogP) is 4.47. The van der Waals surface area contributed by atoms with Crippen LogP contribution in [-0.4, -0.2) is 52.9 Å². The first-order valence-electron chi connectivity index (χ1n) is 12.0. The lowest BCUT2D eigenvalue weighted by molar-refractivity contribution is 0.130. The number of hydrogen-bond acceptors (Lipinski definition) is 8. The largest absolute Gasteiger partial charge is 0.373 e. The van der Waals surface area contributed by atoms with Gasteiger partial charge in [-0.2, -0.15) is 15.1 Å². The van der Waals surface area contributed by atoms with E-state index < -0.39 is 0 Å². The van der Waals surface area contributed by atoms with Gasteiger partial charge in [-0.3, -0.25) is 0 Å². The second-order valence-corrected chi connectivity index (χ2v) is 10.7. The summed E-state index contributed by atoms with van der Waals surface area (Å²) in [5, 5.41) is 15.2. The number of benzene rings is 1. The van der Waals surface area contributed by atoms with Crippen molar-refractivity contribution in [2.24, 2.45) is 11.8 Å². The molecule has 3 fully saturated rings. The van der Waals surface area contributed by atoms with Gasteiger partial charge < -0.3 is 20.4 Å². The summed E-state index contributed by atoms with van der Waals surface area (Å²) in [6.45, 7) is 6.98. The van der Waals surface area contributed by atoms with Gasteiger partial charge in [0.25, 0.3) is 0 Å². The minimum absolute atomic E-state index is 0.159. The SMILES string of the molecule is CNc1nc(NC2C3CC2CN(c2cnnc(Cl)c2)C3)nc2c1C(C)(C)CN2c1ccc(F)cc1. The zero-order valence-corrected chi connectivity index (χ0v) is 20.7. The molecule has 1 aliphatic carbocycles. The molecule has 0 amide bonds. The Bertz CT molecular complexity index is 1250. The fraction of sp³-hybridized carbons (Fsp3) is 0.440. The molecule has 2 atom stereocenters. The second kappa shape index (κ2) is 8.19. The molecule has 0 radical (unpaired) electrons. The van der Waals surface area contributed by atoms with Gasteiger partial charge in [0.1, 0.15) is 17.5 Å². The van der Waals surface area contributed by atoms with Crippen molar-refractivity contribution in [1.29, 1.82) is 0 Å². The molecule has 5 heterocycles. The average Bonchev–Trinajstić information content (AvgIpc) is 3.13. The third kappa shape index (κ3) is 3.82. The van der Waals surface area contributed by atoms with E-state index in [0.717, 1.165) is 48.2 Å². The van der Waals surface area contributed by atoms with E-state index in [2.05, 4.69) is 44.5 Å². The molecule has 2 N–H and O–H groups in total. The molecule has 1 aromatic carbocycles. The van der Waals surface area contributed by atoms with E-state index in [4.69, 9.17) is 21.6 Å². The van der Waals surface area contributed by atoms with Crippen molar-refractivity contribution in [2.75, 3.05) is 47.1 Å². The third-order valence-corrected chi connectivity index (χ3v) is 7.74. The van der Waals surface area contributed by atoms with Gasteiger partial charge in [0.15, 0.2) is 5.15 Å². The maximum absolute atomic E-state index is 13.6. The molecule has 2 unspecified atom stereocenters. The number of hydrogen-bond donors (Lipinski definition) is 2. The highest BCUT2D eigenvalue weighted by Gasteiger charge is 2.48. The summed E-state index contributed by atoms with van der Waals surface area (Å²) < 4.78 is 13.6. The van der Waals surface area contributed by atoms with Crippen LogP contribution in [0, 0.1) is 17.7 Å². The summed E-state index contributed by atoms with van der Waals surface area (Å²) in [6.07, 6.45) is 2.95. The Balaban J connectivity index is 1.27. The highest BCUT2D eigenvalue weighted by atomic mass is 35.5. The number of aromatic nitrogens is 4. The van der Waals surface area contributed by atoms with Crippen LogP contribution in [0.3, 0.4) is 0 Å². The van der Waals surface area contributed by atoms with Crippen molar-refractivity contribution in [1.82, 2.24) is 20.2 Å². The topological polar surface area (TPSA) is 82.1 Å². The summed E-state index contributed by atoms with van der Waals surface area (Å²) in [6, 6.07) is 8.78. The molecule has 35 heavy (non-hydrogen) atoms. The van der Waals surface area contributed by atoms with Crippen LogP contribution in [0.2, 0.25) is 5.15 Å². The van der Waals surface area contributed by atoms with E-state index in [1.807, 2.05) is 13.1 Å². The summed E-state index contributed by atoms with van der Waals surface area (Å²) in [5.74, 6) is 3.05. The quantitative estimate of drug-likeness (QED) is 0.537. The molecule has 1 saturated carbocycles. The number of rotatable bonds is 5. The number of halogens is 2. The average molecular weight is 495 g/mol. The van der Waals surface area contributed by atoms with E-state index in [-0.39, 0.29) is 11.2 Å². The lowest BCUT2D eigenvalue weighted by Crippen LogP contribution is -2.61. The first kappa shape index (κ1) is 22.3. The number of piperidine rings is 2. The molecule has 2 saturated heterocycles. The number of nitrogens with zero attached hydrogens (tertiary/aromatic N) is 6. The molecule has 0 spiro atoms. The van der Waals surface area contributed by atoms with Gasteiger partial charge in [-0.1, -0.05) is 25.4 Å². The summed E-state index contributed by atoms with van der Waals surface area (Å²) in [4.78, 5) is 14.4. The zero-order valence-electron chi connectivity index (χ0n) is 20.0. The zero-order chi connectivity index (χ0) is 24.3. The highest BCUT2D eigenvalue weighted by Crippen LogP contribution is 2.48.